The number of allylic oxidation sites excluding steroid dienone is 2. The number of hydrogen-bond acceptors (Lipinski definition) is 1. The van der Waals surface area contributed by atoms with E-state index in [4.69, 9.17) is 6.42 Å². The smallest absolute Gasteiger partial charge is 0.120 e. The fourth-order valence-corrected chi connectivity index (χ4v) is 1.37. The molecular formula is C10H12O. The Morgan fingerprint density at radius 2 is 2.64 bits per heavy atom. The van der Waals surface area contributed by atoms with Crippen LogP contribution in [-0.2, 0) is 4.79 Å². The Morgan fingerprint density at radius 3 is 3.09 bits per heavy atom. The van der Waals surface area contributed by atoms with E-state index in [9.17, 15) is 4.79 Å². The van der Waals surface area contributed by atoms with Crippen molar-refractivity contribution in [1.82, 2.24) is 0 Å². The molecule has 0 bridgehead atoms. The van der Waals surface area contributed by atoms with Crippen LogP contribution in [-0.4, -0.2) is 6.29 Å². The average molecular weight is 148 g/mol. The standard InChI is InChI=1S/C10H12O/c1-2-9-3-5-10(6-4-9)7-8-11/h1,3,8,10H,4-7H2. The molecule has 0 saturated carbocycles. The molecule has 1 nitrogen and oxygen atoms in total. The minimum atomic E-state index is 0.546. The van der Waals surface area contributed by atoms with E-state index < -0.39 is 0 Å². The highest BCUT2D eigenvalue weighted by Gasteiger charge is 2.12. The summed E-state index contributed by atoms with van der Waals surface area (Å²) in [6, 6.07) is 0. The Hall–Kier alpha value is -1.03. The molecule has 1 aliphatic carbocycles. The zero-order valence-corrected chi connectivity index (χ0v) is 6.55. The Balaban J connectivity index is 2.42. The predicted molar refractivity (Wildman–Crippen MR) is 44.9 cm³/mol. The molecule has 1 heteroatoms. The van der Waals surface area contributed by atoms with Gasteiger partial charge in [0.15, 0.2) is 0 Å². The second kappa shape index (κ2) is 3.98. The summed E-state index contributed by atoms with van der Waals surface area (Å²) in [4.78, 5) is 10.2. The molecule has 0 fully saturated rings. The molecule has 1 aliphatic rings. The highest BCUT2D eigenvalue weighted by atomic mass is 16.1. The molecular weight excluding hydrogens is 136 g/mol. The van der Waals surface area contributed by atoms with Crippen molar-refractivity contribution < 1.29 is 4.79 Å². The number of aldehydes is 1. The Labute approximate surface area is 67.5 Å². The van der Waals surface area contributed by atoms with Gasteiger partial charge >= 0.3 is 0 Å². The molecule has 0 aromatic heterocycles. The molecule has 0 amide bonds. The summed E-state index contributed by atoms with van der Waals surface area (Å²) in [7, 11) is 0. The fraction of sp³-hybridized carbons (Fsp3) is 0.500. The van der Waals surface area contributed by atoms with Gasteiger partial charge in [-0.15, -0.1) is 6.42 Å². The van der Waals surface area contributed by atoms with Gasteiger partial charge in [0.1, 0.15) is 6.29 Å². The molecule has 58 valence electrons. The summed E-state index contributed by atoms with van der Waals surface area (Å²) in [6.07, 6.45) is 12.0. The molecule has 1 unspecified atom stereocenters. The lowest BCUT2D eigenvalue weighted by Gasteiger charge is -2.16. The van der Waals surface area contributed by atoms with Crippen LogP contribution in [0.5, 0.6) is 0 Å². The van der Waals surface area contributed by atoms with Gasteiger partial charge < -0.3 is 4.79 Å². The van der Waals surface area contributed by atoms with Crippen LogP contribution in [0.2, 0.25) is 0 Å². The molecule has 0 N–H and O–H groups in total. The molecule has 0 radical (unpaired) electrons. The van der Waals surface area contributed by atoms with Crippen LogP contribution in [0.25, 0.3) is 0 Å². The van der Waals surface area contributed by atoms with Crippen molar-refractivity contribution in [3.05, 3.63) is 11.6 Å². The quantitative estimate of drug-likeness (QED) is 0.432. The molecule has 0 aromatic carbocycles. The summed E-state index contributed by atoms with van der Waals surface area (Å²) < 4.78 is 0. The third kappa shape index (κ3) is 2.23. The molecule has 0 aromatic rings. The topological polar surface area (TPSA) is 17.1 Å². The third-order valence-electron chi connectivity index (χ3n) is 2.13. The summed E-state index contributed by atoms with van der Waals surface area (Å²) in [5.41, 5.74) is 1.10. The Kier molecular flexibility index (Phi) is 2.92. The van der Waals surface area contributed by atoms with E-state index in [1.54, 1.807) is 0 Å². The number of terminal acetylenes is 1. The van der Waals surface area contributed by atoms with E-state index in [1.165, 1.54) is 0 Å². The zero-order valence-electron chi connectivity index (χ0n) is 6.55. The van der Waals surface area contributed by atoms with Gasteiger partial charge in [-0.2, -0.15) is 0 Å². The maximum Gasteiger partial charge on any atom is 0.120 e. The Morgan fingerprint density at radius 1 is 1.82 bits per heavy atom. The van der Waals surface area contributed by atoms with Crippen LogP contribution in [0.4, 0.5) is 0 Å². The first-order valence-electron chi connectivity index (χ1n) is 3.96. The molecule has 1 atom stereocenters. The highest BCUT2D eigenvalue weighted by molar-refractivity contribution is 5.50. The lowest BCUT2D eigenvalue weighted by Crippen LogP contribution is -2.05. The van der Waals surface area contributed by atoms with Gasteiger partial charge in [-0.1, -0.05) is 12.0 Å². The van der Waals surface area contributed by atoms with E-state index in [0.717, 1.165) is 31.1 Å². The van der Waals surface area contributed by atoms with E-state index in [0.29, 0.717) is 12.3 Å². The minimum Gasteiger partial charge on any atom is -0.303 e. The molecule has 0 aliphatic heterocycles. The van der Waals surface area contributed by atoms with Gasteiger partial charge in [-0.05, 0) is 30.8 Å². The van der Waals surface area contributed by atoms with E-state index in [2.05, 4.69) is 12.0 Å². The average Bonchev–Trinajstić information content (AvgIpc) is 2.07. The van der Waals surface area contributed by atoms with Gasteiger partial charge in [0, 0.05) is 6.42 Å². The Bertz CT molecular complexity index is 207. The largest absolute Gasteiger partial charge is 0.303 e. The number of hydrogen-bond donors (Lipinski definition) is 0. The molecule has 0 saturated heterocycles. The van der Waals surface area contributed by atoms with Crippen LogP contribution in [0.15, 0.2) is 11.6 Å². The SMILES string of the molecule is C#CC1=CCC(CC=O)CC1. The first-order valence-corrected chi connectivity index (χ1v) is 3.96. The normalized spacial score (nSPS) is 23.5. The lowest BCUT2D eigenvalue weighted by atomic mass is 9.88. The predicted octanol–water partition coefficient (Wildman–Crippen LogP) is 1.94. The maximum absolute atomic E-state index is 10.2. The van der Waals surface area contributed by atoms with Crippen molar-refractivity contribution in [3.63, 3.8) is 0 Å². The second-order valence-electron chi connectivity index (χ2n) is 2.92. The summed E-state index contributed by atoms with van der Waals surface area (Å²) in [5.74, 6) is 3.19. The minimum absolute atomic E-state index is 0.546. The van der Waals surface area contributed by atoms with Gasteiger partial charge in [-0.3, -0.25) is 0 Å². The molecule has 11 heavy (non-hydrogen) atoms. The second-order valence-corrected chi connectivity index (χ2v) is 2.92. The number of carbonyl (C=O) groups is 1. The van der Waals surface area contributed by atoms with Gasteiger partial charge in [-0.25, -0.2) is 0 Å². The van der Waals surface area contributed by atoms with Crippen molar-refractivity contribution >= 4 is 6.29 Å². The van der Waals surface area contributed by atoms with Crippen LogP contribution in [0.1, 0.15) is 25.7 Å². The first kappa shape index (κ1) is 8.07. The van der Waals surface area contributed by atoms with E-state index in [-0.39, 0.29) is 0 Å². The van der Waals surface area contributed by atoms with Crippen molar-refractivity contribution in [1.29, 1.82) is 0 Å². The van der Waals surface area contributed by atoms with Gasteiger partial charge in [0.2, 0.25) is 0 Å². The monoisotopic (exact) mass is 148 g/mol. The van der Waals surface area contributed by atoms with Crippen LogP contribution in [0, 0.1) is 18.3 Å². The van der Waals surface area contributed by atoms with Crippen LogP contribution in [0.3, 0.4) is 0 Å². The van der Waals surface area contributed by atoms with E-state index >= 15 is 0 Å². The maximum atomic E-state index is 10.2. The summed E-state index contributed by atoms with van der Waals surface area (Å²) in [6.45, 7) is 0. The van der Waals surface area contributed by atoms with Crippen molar-refractivity contribution in [2.24, 2.45) is 5.92 Å². The van der Waals surface area contributed by atoms with Crippen molar-refractivity contribution in [2.45, 2.75) is 25.7 Å². The third-order valence-corrected chi connectivity index (χ3v) is 2.13. The highest BCUT2D eigenvalue weighted by Crippen LogP contribution is 2.24. The molecule has 0 spiro atoms. The van der Waals surface area contributed by atoms with Gasteiger partial charge in [0.25, 0.3) is 0 Å². The number of carbonyl (C=O) groups excluding carboxylic acids is 1. The fourth-order valence-electron chi connectivity index (χ4n) is 1.37. The van der Waals surface area contributed by atoms with Crippen molar-refractivity contribution in [2.75, 3.05) is 0 Å². The van der Waals surface area contributed by atoms with Crippen LogP contribution >= 0.6 is 0 Å². The van der Waals surface area contributed by atoms with E-state index in [1.807, 2.05) is 0 Å². The molecule has 1 rings (SSSR count). The summed E-state index contributed by atoms with van der Waals surface area (Å²) >= 11 is 0. The van der Waals surface area contributed by atoms with Crippen LogP contribution < -0.4 is 0 Å². The summed E-state index contributed by atoms with van der Waals surface area (Å²) in [5, 5.41) is 0. The first-order chi connectivity index (χ1) is 5.36. The molecule has 0 heterocycles. The van der Waals surface area contributed by atoms with Crippen molar-refractivity contribution in [3.8, 4) is 12.3 Å². The lowest BCUT2D eigenvalue weighted by molar-refractivity contribution is -0.108. The number of rotatable bonds is 2. The zero-order chi connectivity index (χ0) is 8.10. The van der Waals surface area contributed by atoms with Gasteiger partial charge in [0.05, 0.1) is 0 Å².